The van der Waals surface area contributed by atoms with E-state index in [1.54, 1.807) is 18.4 Å². The first-order valence-corrected chi connectivity index (χ1v) is 7.68. The Morgan fingerprint density at radius 3 is 2.50 bits per heavy atom. The summed E-state index contributed by atoms with van der Waals surface area (Å²) in [4.78, 5) is 4.64. The fourth-order valence-corrected chi connectivity index (χ4v) is 2.77. The smallest absolute Gasteiger partial charge is 0.183 e. The summed E-state index contributed by atoms with van der Waals surface area (Å²) in [5.41, 5.74) is 3.52. The maximum atomic E-state index is 5.09. The van der Waals surface area contributed by atoms with Gasteiger partial charge in [-0.05, 0) is 32.8 Å². The van der Waals surface area contributed by atoms with Crippen molar-refractivity contribution in [2.75, 3.05) is 19.0 Å². The molecular formula is C16H22N2OS. The summed E-state index contributed by atoms with van der Waals surface area (Å²) in [6.07, 6.45) is 0.949. The van der Waals surface area contributed by atoms with Crippen LogP contribution in [0.4, 0.5) is 5.13 Å². The molecule has 0 spiro atoms. The van der Waals surface area contributed by atoms with Crippen LogP contribution in [0.5, 0.6) is 0 Å². The van der Waals surface area contributed by atoms with Crippen molar-refractivity contribution in [2.45, 2.75) is 32.7 Å². The van der Waals surface area contributed by atoms with Gasteiger partial charge in [-0.2, -0.15) is 0 Å². The third-order valence-electron chi connectivity index (χ3n) is 2.83. The van der Waals surface area contributed by atoms with Crippen LogP contribution in [0, 0.1) is 0 Å². The maximum Gasteiger partial charge on any atom is 0.183 e. The number of hydrogen-bond donors (Lipinski definition) is 1. The lowest BCUT2D eigenvalue weighted by Crippen LogP contribution is -2.25. The molecule has 2 aromatic rings. The second-order valence-electron chi connectivity index (χ2n) is 5.85. The van der Waals surface area contributed by atoms with Crippen LogP contribution in [-0.2, 0) is 11.2 Å². The molecule has 1 N–H and O–H groups in total. The van der Waals surface area contributed by atoms with Gasteiger partial charge in [0.05, 0.1) is 12.3 Å². The third-order valence-corrected chi connectivity index (χ3v) is 3.59. The van der Waals surface area contributed by atoms with E-state index in [0.717, 1.165) is 29.4 Å². The molecule has 0 bridgehead atoms. The summed E-state index contributed by atoms with van der Waals surface area (Å²) in [5, 5.41) is 6.47. The number of benzene rings is 1. The lowest BCUT2D eigenvalue weighted by molar-refractivity contribution is 0.202. The lowest BCUT2D eigenvalue weighted by Gasteiger charge is -2.19. The van der Waals surface area contributed by atoms with Gasteiger partial charge in [-0.3, -0.25) is 0 Å². The average molecular weight is 290 g/mol. The Morgan fingerprint density at radius 2 is 1.90 bits per heavy atom. The SMILES string of the molecule is COCCc1ccc(-c2csc(NC(C)(C)C)n2)cc1. The van der Waals surface area contributed by atoms with E-state index in [9.17, 15) is 0 Å². The van der Waals surface area contributed by atoms with Gasteiger partial charge < -0.3 is 10.1 Å². The Bertz CT molecular complexity index is 540. The number of nitrogens with zero attached hydrogens (tertiary/aromatic N) is 1. The zero-order valence-electron chi connectivity index (χ0n) is 12.6. The number of aromatic nitrogens is 1. The van der Waals surface area contributed by atoms with E-state index < -0.39 is 0 Å². The van der Waals surface area contributed by atoms with Crippen molar-refractivity contribution in [3.8, 4) is 11.3 Å². The van der Waals surface area contributed by atoms with Gasteiger partial charge in [-0.25, -0.2) is 4.98 Å². The summed E-state index contributed by atoms with van der Waals surface area (Å²) in [5.74, 6) is 0. The van der Waals surface area contributed by atoms with E-state index in [1.807, 2.05) is 0 Å². The minimum absolute atomic E-state index is 0.0408. The molecule has 0 saturated heterocycles. The van der Waals surface area contributed by atoms with Crippen LogP contribution in [0.3, 0.4) is 0 Å². The molecule has 1 aromatic heterocycles. The minimum Gasteiger partial charge on any atom is -0.384 e. The number of ether oxygens (including phenoxy) is 1. The lowest BCUT2D eigenvalue weighted by atomic mass is 10.1. The summed E-state index contributed by atoms with van der Waals surface area (Å²) in [6.45, 7) is 7.17. The van der Waals surface area contributed by atoms with Crippen molar-refractivity contribution in [1.82, 2.24) is 4.98 Å². The Balaban J connectivity index is 2.08. The zero-order valence-corrected chi connectivity index (χ0v) is 13.4. The molecule has 0 aliphatic rings. The Kier molecular flexibility index (Phi) is 4.78. The van der Waals surface area contributed by atoms with Crippen molar-refractivity contribution in [2.24, 2.45) is 0 Å². The van der Waals surface area contributed by atoms with Gasteiger partial charge in [0.1, 0.15) is 0 Å². The van der Waals surface area contributed by atoms with Gasteiger partial charge >= 0.3 is 0 Å². The van der Waals surface area contributed by atoms with Gasteiger partial charge in [-0.15, -0.1) is 11.3 Å². The quantitative estimate of drug-likeness (QED) is 0.895. The molecule has 0 atom stereocenters. The van der Waals surface area contributed by atoms with Gasteiger partial charge in [0.25, 0.3) is 0 Å². The highest BCUT2D eigenvalue weighted by atomic mass is 32.1. The molecular weight excluding hydrogens is 268 g/mol. The van der Waals surface area contributed by atoms with Crippen LogP contribution in [0.2, 0.25) is 0 Å². The summed E-state index contributed by atoms with van der Waals surface area (Å²) in [7, 11) is 1.73. The van der Waals surface area contributed by atoms with E-state index in [-0.39, 0.29) is 5.54 Å². The van der Waals surface area contributed by atoms with Crippen LogP contribution in [0.25, 0.3) is 11.3 Å². The van der Waals surface area contributed by atoms with E-state index in [2.05, 4.69) is 60.7 Å². The third kappa shape index (κ3) is 4.32. The van der Waals surface area contributed by atoms with Gasteiger partial charge in [0.2, 0.25) is 0 Å². The Hall–Kier alpha value is -1.39. The molecule has 0 fully saturated rings. The fraction of sp³-hybridized carbons (Fsp3) is 0.438. The second kappa shape index (κ2) is 6.37. The second-order valence-corrected chi connectivity index (χ2v) is 6.71. The molecule has 0 aliphatic carbocycles. The molecule has 0 amide bonds. The average Bonchev–Trinajstić information content (AvgIpc) is 2.83. The van der Waals surface area contributed by atoms with E-state index in [1.165, 1.54) is 5.56 Å². The normalized spacial score (nSPS) is 11.6. The minimum atomic E-state index is 0.0408. The first-order valence-electron chi connectivity index (χ1n) is 6.80. The van der Waals surface area contributed by atoms with Crippen molar-refractivity contribution in [1.29, 1.82) is 0 Å². The molecule has 1 heterocycles. The predicted octanol–water partition coefficient (Wildman–Crippen LogP) is 4.21. The molecule has 0 aliphatic heterocycles. The van der Waals surface area contributed by atoms with Crippen LogP contribution in [0.15, 0.2) is 29.6 Å². The van der Waals surface area contributed by atoms with Crippen molar-refractivity contribution in [3.05, 3.63) is 35.2 Å². The molecule has 20 heavy (non-hydrogen) atoms. The highest BCUT2D eigenvalue weighted by Crippen LogP contribution is 2.26. The van der Waals surface area contributed by atoms with E-state index in [4.69, 9.17) is 4.74 Å². The first kappa shape index (κ1) is 15.0. The standard InChI is InChI=1S/C16H22N2OS/c1-16(2,3)18-15-17-14(11-20-15)13-7-5-12(6-8-13)9-10-19-4/h5-8,11H,9-10H2,1-4H3,(H,17,18). The number of rotatable bonds is 5. The van der Waals surface area contributed by atoms with Crippen LogP contribution in [0.1, 0.15) is 26.3 Å². The number of hydrogen-bond acceptors (Lipinski definition) is 4. The Morgan fingerprint density at radius 1 is 1.20 bits per heavy atom. The number of thiazole rings is 1. The highest BCUT2D eigenvalue weighted by Gasteiger charge is 2.12. The molecule has 108 valence electrons. The van der Waals surface area contributed by atoms with Gasteiger partial charge in [0, 0.05) is 23.6 Å². The molecule has 0 saturated carbocycles. The molecule has 0 radical (unpaired) electrons. The number of methoxy groups -OCH3 is 1. The van der Waals surface area contributed by atoms with E-state index in [0.29, 0.717) is 0 Å². The summed E-state index contributed by atoms with van der Waals surface area (Å²) in [6, 6.07) is 8.54. The fourth-order valence-electron chi connectivity index (χ4n) is 1.85. The van der Waals surface area contributed by atoms with Crippen molar-refractivity contribution < 1.29 is 4.74 Å². The largest absolute Gasteiger partial charge is 0.384 e. The number of nitrogens with one attached hydrogen (secondary N) is 1. The maximum absolute atomic E-state index is 5.09. The molecule has 1 aromatic carbocycles. The van der Waals surface area contributed by atoms with Gasteiger partial charge in [-0.1, -0.05) is 24.3 Å². The topological polar surface area (TPSA) is 34.1 Å². The highest BCUT2D eigenvalue weighted by molar-refractivity contribution is 7.14. The Labute approximate surface area is 125 Å². The molecule has 2 rings (SSSR count). The first-order chi connectivity index (χ1) is 9.48. The van der Waals surface area contributed by atoms with E-state index >= 15 is 0 Å². The molecule has 3 nitrogen and oxygen atoms in total. The number of anilines is 1. The summed E-state index contributed by atoms with van der Waals surface area (Å²) >= 11 is 1.65. The van der Waals surface area contributed by atoms with Crippen LogP contribution in [-0.4, -0.2) is 24.2 Å². The predicted molar refractivity (Wildman–Crippen MR) is 86.5 cm³/mol. The van der Waals surface area contributed by atoms with Crippen molar-refractivity contribution in [3.63, 3.8) is 0 Å². The van der Waals surface area contributed by atoms with Crippen molar-refractivity contribution >= 4 is 16.5 Å². The summed E-state index contributed by atoms with van der Waals surface area (Å²) < 4.78 is 5.09. The zero-order chi connectivity index (χ0) is 14.6. The van der Waals surface area contributed by atoms with Gasteiger partial charge in [0.15, 0.2) is 5.13 Å². The van der Waals surface area contributed by atoms with Crippen LogP contribution >= 0.6 is 11.3 Å². The molecule has 0 unspecified atom stereocenters. The monoisotopic (exact) mass is 290 g/mol. The molecule has 4 heteroatoms. The van der Waals surface area contributed by atoms with Crippen LogP contribution < -0.4 is 5.32 Å².